The monoisotopic (exact) mass is 337 g/mol. The topological polar surface area (TPSA) is 29.5 Å². The van der Waals surface area contributed by atoms with Crippen molar-refractivity contribution in [2.45, 2.75) is 50.0 Å². The van der Waals surface area contributed by atoms with Crippen LogP contribution in [-0.2, 0) is 9.53 Å². The molecule has 0 aromatic rings. The first-order chi connectivity index (χ1) is 10.8. The lowest BCUT2D eigenvalue weighted by Crippen LogP contribution is -2.55. The van der Waals surface area contributed by atoms with Gasteiger partial charge in [0.15, 0.2) is 0 Å². The van der Waals surface area contributed by atoms with Crippen molar-refractivity contribution >= 4 is 5.91 Å². The van der Waals surface area contributed by atoms with Gasteiger partial charge in [-0.2, -0.15) is 8.78 Å². The van der Waals surface area contributed by atoms with E-state index in [4.69, 9.17) is 0 Å². The molecule has 1 rings (SSSR count). The number of alkyl halides is 4. The fraction of sp³-hybridized carbons (Fsp3) is 0.688. The molecule has 0 atom stereocenters. The van der Waals surface area contributed by atoms with E-state index in [0.29, 0.717) is 19.4 Å². The van der Waals surface area contributed by atoms with Crippen molar-refractivity contribution < 1.29 is 27.1 Å². The molecule has 0 spiro atoms. The minimum Gasteiger partial charge on any atom is -0.365 e. The average molecular weight is 337 g/mol. The second kappa shape index (κ2) is 8.47. The predicted molar refractivity (Wildman–Crippen MR) is 79.7 cm³/mol. The van der Waals surface area contributed by atoms with E-state index in [1.165, 1.54) is 0 Å². The maximum absolute atomic E-state index is 12.8. The van der Waals surface area contributed by atoms with Gasteiger partial charge in [0.2, 0.25) is 5.91 Å². The molecule has 1 heterocycles. The Balaban J connectivity index is 2.70. The summed E-state index contributed by atoms with van der Waals surface area (Å²) in [5, 5.41) is 0. The van der Waals surface area contributed by atoms with E-state index in [0.717, 1.165) is 19.3 Å². The number of hydrogen-bond acceptors (Lipinski definition) is 2. The summed E-state index contributed by atoms with van der Waals surface area (Å²) in [6.07, 6.45) is 3.21. The summed E-state index contributed by atoms with van der Waals surface area (Å²) < 4.78 is 54.3. The third-order valence-corrected chi connectivity index (χ3v) is 4.04. The Hall–Kier alpha value is -1.37. The van der Waals surface area contributed by atoms with Crippen LogP contribution in [0.4, 0.5) is 17.6 Å². The van der Waals surface area contributed by atoms with Gasteiger partial charge in [-0.25, -0.2) is 8.78 Å². The molecule has 7 heteroatoms. The number of hydrogen-bond donors (Lipinski definition) is 0. The van der Waals surface area contributed by atoms with Gasteiger partial charge < -0.3 is 9.64 Å². The summed E-state index contributed by atoms with van der Waals surface area (Å²) in [7, 11) is 0. The first kappa shape index (κ1) is 19.7. The van der Waals surface area contributed by atoms with Crippen molar-refractivity contribution in [2.75, 3.05) is 19.8 Å². The zero-order chi connectivity index (χ0) is 17.5. The number of piperidine rings is 1. The van der Waals surface area contributed by atoms with Gasteiger partial charge in [-0.05, 0) is 32.1 Å². The fourth-order valence-corrected chi connectivity index (χ4v) is 2.95. The molecular formula is C16H23F4NO2. The van der Waals surface area contributed by atoms with Crippen LogP contribution < -0.4 is 0 Å². The number of halogens is 4. The molecule has 1 fully saturated rings. The van der Waals surface area contributed by atoms with Gasteiger partial charge in [-0.3, -0.25) is 4.79 Å². The number of ether oxygens (including phenoxy) is 1. The average Bonchev–Trinajstić information content (AvgIpc) is 2.47. The minimum absolute atomic E-state index is 0.474. The molecule has 0 aromatic heterocycles. The van der Waals surface area contributed by atoms with Crippen LogP contribution in [0.3, 0.4) is 0 Å². The Morgan fingerprint density at radius 3 is 2.39 bits per heavy atom. The maximum Gasteiger partial charge on any atom is 0.330 e. The zero-order valence-electron chi connectivity index (χ0n) is 13.1. The van der Waals surface area contributed by atoms with Crippen LogP contribution in [0.2, 0.25) is 0 Å². The quantitative estimate of drug-likeness (QED) is 0.473. The Morgan fingerprint density at radius 1 is 1.26 bits per heavy atom. The van der Waals surface area contributed by atoms with Gasteiger partial charge in [-0.15, -0.1) is 13.2 Å². The fourth-order valence-electron chi connectivity index (χ4n) is 2.95. The Bertz CT molecular complexity index is 416. The number of amides is 1. The van der Waals surface area contributed by atoms with Gasteiger partial charge >= 0.3 is 12.3 Å². The lowest BCUT2D eigenvalue weighted by atomic mass is 9.80. The van der Waals surface area contributed by atoms with E-state index in [-0.39, 0.29) is 0 Å². The number of rotatable bonds is 9. The summed E-state index contributed by atoms with van der Waals surface area (Å²) in [5.41, 5.74) is -0.479. The van der Waals surface area contributed by atoms with E-state index in [9.17, 15) is 22.4 Å². The van der Waals surface area contributed by atoms with E-state index in [1.54, 1.807) is 17.1 Å². The third-order valence-electron chi connectivity index (χ3n) is 4.04. The van der Waals surface area contributed by atoms with Gasteiger partial charge in [0.05, 0.1) is 0 Å². The van der Waals surface area contributed by atoms with E-state index < -0.39 is 37.0 Å². The Morgan fingerprint density at radius 2 is 1.87 bits per heavy atom. The Kier molecular flexibility index (Phi) is 7.25. The summed E-state index contributed by atoms with van der Waals surface area (Å²) in [5.74, 6) is -4.72. The molecular weight excluding hydrogens is 314 g/mol. The highest BCUT2D eigenvalue weighted by molar-refractivity contribution is 5.78. The predicted octanol–water partition coefficient (Wildman–Crippen LogP) is 3.81. The molecule has 3 nitrogen and oxygen atoms in total. The summed E-state index contributed by atoms with van der Waals surface area (Å²) in [6, 6.07) is 0. The van der Waals surface area contributed by atoms with Crippen molar-refractivity contribution in [1.82, 2.24) is 4.90 Å². The maximum atomic E-state index is 12.8. The van der Waals surface area contributed by atoms with Crippen LogP contribution in [0.15, 0.2) is 25.3 Å². The third kappa shape index (κ3) is 5.06. The second-order valence-corrected chi connectivity index (χ2v) is 5.77. The normalized spacial score (nSPS) is 18.0. The van der Waals surface area contributed by atoms with E-state index in [1.807, 2.05) is 0 Å². The summed E-state index contributed by atoms with van der Waals surface area (Å²) in [6.45, 7) is 5.78. The van der Waals surface area contributed by atoms with Gasteiger partial charge in [0, 0.05) is 12.1 Å². The van der Waals surface area contributed by atoms with Crippen LogP contribution in [0.1, 0.15) is 32.1 Å². The highest BCUT2D eigenvalue weighted by Crippen LogP contribution is 2.35. The van der Waals surface area contributed by atoms with Crippen molar-refractivity contribution in [3.05, 3.63) is 25.3 Å². The lowest BCUT2D eigenvalue weighted by Gasteiger charge is -2.47. The summed E-state index contributed by atoms with van der Waals surface area (Å²) >= 11 is 0. The molecule has 0 saturated carbocycles. The molecule has 1 saturated heterocycles. The molecule has 0 aromatic carbocycles. The van der Waals surface area contributed by atoms with Gasteiger partial charge in [0.25, 0.3) is 0 Å². The Labute approximate surface area is 134 Å². The van der Waals surface area contributed by atoms with Crippen LogP contribution in [-0.4, -0.2) is 48.5 Å². The van der Waals surface area contributed by atoms with E-state index in [2.05, 4.69) is 17.9 Å². The lowest BCUT2D eigenvalue weighted by molar-refractivity contribution is -0.173. The number of nitrogens with zero attached hydrogens (tertiary/aromatic N) is 1. The summed E-state index contributed by atoms with van der Waals surface area (Å²) in [4.78, 5) is 13.9. The SMILES string of the molecule is C=CCC1(CC=C)CCCCN1C(=O)COCC(F)(F)C(F)F. The van der Waals surface area contributed by atoms with E-state index >= 15 is 0 Å². The molecule has 132 valence electrons. The van der Waals surface area contributed by atoms with Crippen LogP contribution in [0.5, 0.6) is 0 Å². The first-order valence-corrected chi connectivity index (χ1v) is 7.55. The van der Waals surface area contributed by atoms with Crippen LogP contribution in [0, 0.1) is 0 Å². The minimum atomic E-state index is -4.25. The van der Waals surface area contributed by atoms with Crippen LogP contribution >= 0.6 is 0 Å². The van der Waals surface area contributed by atoms with Crippen molar-refractivity contribution in [3.63, 3.8) is 0 Å². The zero-order valence-corrected chi connectivity index (χ0v) is 13.1. The number of carbonyl (C=O) groups is 1. The van der Waals surface area contributed by atoms with Crippen molar-refractivity contribution in [2.24, 2.45) is 0 Å². The van der Waals surface area contributed by atoms with Crippen LogP contribution in [0.25, 0.3) is 0 Å². The first-order valence-electron chi connectivity index (χ1n) is 7.55. The van der Waals surface area contributed by atoms with Crippen molar-refractivity contribution in [1.29, 1.82) is 0 Å². The molecule has 0 unspecified atom stereocenters. The number of likely N-dealkylation sites (tertiary alicyclic amines) is 1. The molecule has 1 aliphatic heterocycles. The largest absolute Gasteiger partial charge is 0.365 e. The molecule has 0 radical (unpaired) electrons. The molecule has 0 N–H and O–H groups in total. The second-order valence-electron chi connectivity index (χ2n) is 5.77. The van der Waals surface area contributed by atoms with Gasteiger partial charge in [-0.1, -0.05) is 12.2 Å². The molecule has 23 heavy (non-hydrogen) atoms. The molecule has 0 bridgehead atoms. The standard InChI is InChI=1S/C16H23F4NO2/c1-3-7-15(8-4-2)9-5-6-10-21(15)13(22)11-23-12-16(19,20)14(17)18/h3-4,14H,1-2,5-12H2. The van der Waals surface area contributed by atoms with Crippen molar-refractivity contribution in [3.8, 4) is 0 Å². The van der Waals surface area contributed by atoms with Gasteiger partial charge in [0.1, 0.15) is 13.2 Å². The molecule has 0 aliphatic carbocycles. The highest BCUT2D eigenvalue weighted by Gasteiger charge is 2.42. The number of carbonyl (C=O) groups excluding carboxylic acids is 1. The molecule has 1 aliphatic rings. The highest BCUT2D eigenvalue weighted by atomic mass is 19.3. The molecule has 1 amide bonds. The smallest absolute Gasteiger partial charge is 0.330 e.